The monoisotopic (exact) mass is 359 g/mol. The fraction of sp³-hybridized carbons (Fsp3) is 0.300. The van der Waals surface area contributed by atoms with Crippen molar-refractivity contribution >= 4 is 44.1 Å². The van der Waals surface area contributed by atoms with Crippen molar-refractivity contribution in [3.05, 3.63) is 31.9 Å². The molecule has 2 heterocycles. The van der Waals surface area contributed by atoms with Crippen molar-refractivity contribution in [3.8, 4) is 0 Å². The molecule has 0 atom stereocenters. The lowest BCUT2D eigenvalue weighted by Crippen LogP contribution is -2.22. The van der Waals surface area contributed by atoms with Gasteiger partial charge >= 0.3 is 5.82 Å². The fourth-order valence-electron chi connectivity index (χ4n) is 1.42. The van der Waals surface area contributed by atoms with E-state index in [4.69, 9.17) is 0 Å². The van der Waals surface area contributed by atoms with E-state index in [0.29, 0.717) is 21.8 Å². The zero-order chi connectivity index (χ0) is 14.9. The summed E-state index contributed by atoms with van der Waals surface area (Å²) >= 11 is 4.41. The third-order valence-electron chi connectivity index (χ3n) is 2.49. The highest BCUT2D eigenvalue weighted by Crippen LogP contribution is 2.24. The molecule has 0 aliphatic heterocycles. The van der Waals surface area contributed by atoms with Crippen LogP contribution in [0, 0.1) is 10.1 Å². The number of thiazole rings is 1. The Hall–Kier alpha value is -1.81. The van der Waals surface area contributed by atoms with E-state index in [1.807, 2.05) is 0 Å². The van der Waals surface area contributed by atoms with Crippen molar-refractivity contribution in [1.29, 1.82) is 0 Å². The van der Waals surface area contributed by atoms with Crippen molar-refractivity contribution in [2.75, 3.05) is 11.9 Å². The first-order valence-corrected chi connectivity index (χ1v) is 7.11. The van der Waals surface area contributed by atoms with Gasteiger partial charge in [-0.15, -0.1) is 11.3 Å². The molecule has 0 aliphatic rings. The van der Waals surface area contributed by atoms with Crippen molar-refractivity contribution in [1.82, 2.24) is 14.8 Å². The maximum absolute atomic E-state index is 11.2. The Labute approximate surface area is 126 Å². The molecule has 0 N–H and O–H groups in total. The molecule has 2 rings (SSSR count). The lowest BCUT2D eigenvalue weighted by atomic mass is 10.5. The van der Waals surface area contributed by atoms with Gasteiger partial charge in [0, 0.05) is 19.4 Å². The van der Waals surface area contributed by atoms with Crippen LogP contribution < -0.4 is 4.90 Å². The topological polar surface area (TPSA) is 94.2 Å². The zero-order valence-corrected chi connectivity index (χ0v) is 13.0. The molecule has 2 aromatic heterocycles. The highest BCUT2D eigenvalue weighted by molar-refractivity contribution is 9.10. The van der Waals surface area contributed by atoms with Crippen LogP contribution in [0.4, 0.5) is 10.9 Å². The van der Waals surface area contributed by atoms with Crippen molar-refractivity contribution in [2.45, 2.75) is 13.5 Å². The Morgan fingerprint density at radius 3 is 2.90 bits per heavy atom. The summed E-state index contributed by atoms with van der Waals surface area (Å²) in [6.07, 6.45) is 1.52. The lowest BCUT2D eigenvalue weighted by Gasteiger charge is -2.09. The summed E-state index contributed by atoms with van der Waals surface area (Å²) in [7, 11) is 1.64. The van der Waals surface area contributed by atoms with Gasteiger partial charge in [-0.3, -0.25) is 9.69 Å². The molecule has 10 heteroatoms. The average molecular weight is 360 g/mol. The van der Waals surface area contributed by atoms with Gasteiger partial charge < -0.3 is 10.1 Å². The number of hydrogen-bond acceptors (Lipinski definition) is 6. The van der Waals surface area contributed by atoms with Crippen molar-refractivity contribution in [2.24, 2.45) is 0 Å². The van der Waals surface area contributed by atoms with Crippen LogP contribution in [0.15, 0.2) is 16.0 Å². The van der Waals surface area contributed by atoms with E-state index in [1.54, 1.807) is 12.4 Å². The largest absolute Gasteiger partial charge is 0.404 e. The predicted molar refractivity (Wildman–Crippen MR) is 76.9 cm³/mol. The molecule has 0 spiro atoms. The van der Waals surface area contributed by atoms with Crippen LogP contribution in [-0.4, -0.2) is 32.6 Å². The molecule has 8 nitrogen and oxygen atoms in total. The summed E-state index contributed by atoms with van der Waals surface area (Å²) in [6, 6.07) is 0. The second-order valence-corrected chi connectivity index (χ2v) is 5.65. The van der Waals surface area contributed by atoms with Crippen LogP contribution in [0.1, 0.15) is 12.6 Å². The molecule has 0 fully saturated rings. The van der Waals surface area contributed by atoms with Crippen LogP contribution >= 0.6 is 27.3 Å². The number of halogens is 1. The molecule has 0 radical (unpaired) electrons. The smallest absolute Gasteiger partial charge is 0.358 e. The molecule has 2 aromatic rings. The SMILES string of the molecule is CC(=O)N(C)c1nc(Cn2cc(Br)c([N+](=O)[O-])n2)cs1. The average Bonchev–Trinajstić information content (AvgIpc) is 2.95. The van der Waals surface area contributed by atoms with Crippen LogP contribution in [0.2, 0.25) is 0 Å². The first kappa shape index (κ1) is 14.6. The molecule has 0 unspecified atom stereocenters. The van der Waals surface area contributed by atoms with Gasteiger partial charge in [0.1, 0.15) is 11.0 Å². The Bertz CT molecular complexity index is 668. The van der Waals surface area contributed by atoms with Crippen LogP contribution in [0.5, 0.6) is 0 Å². The second-order valence-electron chi connectivity index (χ2n) is 3.95. The summed E-state index contributed by atoms with van der Waals surface area (Å²) < 4.78 is 1.74. The number of aromatic nitrogens is 3. The second kappa shape index (κ2) is 5.67. The van der Waals surface area contributed by atoms with E-state index in [-0.39, 0.29) is 11.7 Å². The molecule has 0 saturated heterocycles. The van der Waals surface area contributed by atoms with Gasteiger partial charge in [0.2, 0.25) is 5.91 Å². The van der Waals surface area contributed by atoms with E-state index in [0.717, 1.165) is 0 Å². The predicted octanol–water partition coefficient (Wildman–Crippen LogP) is 2.04. The van der Waals surface area contributed by atoms with Crippen LogP contribution in [0.25, 0.3) is 0 Å². The van der Waals surface area contributed by atoms with E-state index < -0.39 is 4.92 Å². The lowest BCUT2D eigenvalue weighted by molar-refractivity contribution is -0.390. The first-order valence-electron chi connectivity index (χ1n) is 5.44. The number of rotatable bonds is 4. The third kappa shape index (κ3) is 3.02. The minimum atomic E-state index is -0.559. The summed E-state index contributed by atoms with van der Waals surface area (Å²) in [5.41, 5.74) is 0.683. The quantitative estimate of drug-likeness (QED) is 0.614. The number of nitrogens with zero attached hydrogens (tertiary/aromatic N) is 5. The normalized spacial score (nSPS) is 10.6. The molecule has 1 amide bonds. The first-order chi connectivity index (χ1) is 9.38. The van der Waals surface area contributed by atoms with Gasteiger partial charge in [0.15, 0.2) is 5.13 Å². The molecule has 0 aliphatic carbocycles. The maximum Gasteiger partial charge on any atom is 0.404 e. The number of hydrogen-bond donors (Lipinski definition) is 0. The number of carbonyl (C=O) groups excluding carboxylic acids is 1. The van der Waals surface area contributed by atoms with E-state index in [1.165, 1.54) is 34.0 Å². The van der Waals surface area contributed by atoms with Gasteiger partial charge in [-0.05, 0) is 20.9 Å². The molecule has 20 heavy (non-hydrogen) atoms. The van der Waals surface area contributed by atoms with Gasteiger partial charge in [0.05, 0.1) is 17.0 Å². The number of amides is 1. The van der Waals surface area contributed by atoms with Gasteiger partial charge in [0.25, 0.3) is 0 Å². The summed E-state index contributed by atoms with van der Waals surface area (Å²) in [5.74, 6) is -0.343. The van der Waals surface area contributed by atoms with Crippen LogP contribution in [0.3, 0.4) is 0 Å². The molecule has 0 aromatic carbocycles. The molecule has 0 bridgehead atoms. The number of nitro groups is 1. The van der Waals surface area contributed by atoms with E-state index in [9.17, 15) is 14.9 Å². The molecule has 0 saturated carbocycles. The number of anilines is 1. The highest BCUT2D eigenvalue weighted by Gasteiger charge is 2.19. The standard InChI is InChI=1S/C10H10BrN5O3S/c1-6(17)14(2)10-12-7(5-20-10)3-15-4-8(11)9(13-15)16(18)19/h4-5H,3H2,1-2H3. The Morgan fingerprint density at radius 1 is 1.65 bits per heavy atom. The Morgan fingerprint density at radius 2 is 2.35 bits per heavy atom. The number of carbonyl (C=O) groups is 1. The summed E-state index contributed by atoms with van der Waals surface area (Å²) in [4.78, 5) is 27.1. The minimum absolute atomic E-state index is 0.108. The highest BCUT2D eigenvalue weighted by atomic mass is 79.9. The van der Waals surface area contributed by atoms with Gasteiger partial charge in [-0.25, -0.2) is 4.98 Å². The minimum Gasteiger partial charge on any atom is -0.358 e. The van der Waals surface area contributed by atoms with Crippen molar-refractivity contribution in [3.63, 3.8) is 0 Å². The fourth-order valence-corrected chi connectivity index (χ4v) is 2.70. The summed E-state index contributed by atoms with van der Waals surface area (Å²) in [6.45, 7) is 1.75. The Balaban J connectivity index is 2.17. The zero-order valence-electron chi connectivity index (χ0n) is 10.6. The summed E-state index contributed by atoms with van der Waals surface area (Å²) in [5, 5.41) is 16.9. The third-order valence-corrected chi connectivity index (χ3v) is 4.02. The molecule has 106 valence electrons. The van der Waals surface area contributed by atoms with Crippen molar-refractivity contribution < 1.29 is 9.72 Å². The maximum atomic E-state index is 11.2. The Kier molecular flexibility index (Phi) is 4.14. The molecular weight excluding hydrogens is 350 g/mol. The van der Waals surface area contributed by atoms with Crippen LogP contribution in [-0.2, 0) is 11.3 Å². The van der Waals surface area contributed by atoms with E-state index in [2.05, 4.69) is 26.0 Å². The van der Waals surface area contributed by atoms with E-state index >= 15 is 0 Å². The van der Waals surface area contributed by atoms with Gasteiger partial charge in [-0.2, -0.15) is 4.68 Å². The molecular formula is C10H10BrN5O3S. The van der Waals surface area contributed by atoms with Gasteiger partial charge in [-0.1, -0.05) is 0 Å².